The SMILES string of the molecule is CC(O)c1cc(Br)ccc1OCCC(F)(F)F. The van der Waals surface area contributed by atoms with Gasteiger partial charge in [0.05, 0.1) is 19.1 Å². The molecule has 1 aromatic rings. The average molecular weight is 313 g/mol. The Morgan fingerprint density at radius 1 is 1.41 bits per heavy atom. The van der Waals surface area contributed by atoms with Crippen LogP contribution in [0.5, 0.6) is 5.75 Å². The lowest BCUT2D eigenvalue weighted by molar-refractivity contribution is -0.139. The van der Waals surface area contributed by atoms with Crippen LogP contribution < -0.4 is 4.74 Å². The van der Waals surface area contributed by atoms with Crippen LogP contribution in [0.2, 0.25) is 0 Å². The van der Waals surface area contributed by atoms with E-state index < -0.39 is 25.3 Å². The molecule has 1 rings (SSSR count). The van der Waals surface area contributed by atoms with Crippen LogP contribution in [-0.2, 0) is 0 Å². The molecule has 6 heteroatoms. The lowest BCUT2D eigenvalue weighted by Crippen LogP contribution is -2.13. The van der Waals surface area contributed by atoms with Crippen molar-refractivity contribution in [2.45, 2.75) is 25.6 Å². The molecule has 0 saturated carbocycles. The summed E-state index contributed by atoms with van der Waals surface area (Å²) in [5.74, 6) is 0.271. The van der Waals surface area contributed by atoms with Gasteiger partial charge in [0.1, 0.15) is 5.75 Å². The molecule has 1 atom stereocenters. The Kier molecular flexibility index (Phi) is 4.82. The predicted octanol–water partition coefficient (Wildman–Crippen LogP) is 3.83. The number of ether oxygens (including phenoxy) is 1. The van der Waals surface area contributed by atoms with E-state index in [9.17, 15) is 18.3 Å². The molecule has 0 heterocycles. The van der Waals surface area contributed by atoms with Crippen LogP contribution in [0.1, 0.15) is 25.0 Å². The molecule has 0 aliphatic rings. The summed E-state index contributed by atoms with van der Waals surface area (Å²) in [7, 11) is 0. The molecule has 0 saturated heterocycles. The molecule has 0 aliphatic heterocycles. The van der Waals surface area contributed by atoms with Crippen molar-refractivity contribution in [3.63, 3.8) is 0 Å². The van der Waals surface area contributed by atoms with Gasteiger partial charge in [-0.2, -0.15) is 13.2 Å². The number of halogens is 4. The van der Waals surface area contributed by atoms with Crippen LogP contribution in [0, 0.1) is 0 Å². The summed E-state index contributed by atoms with van der Waals surface area (Å²) in [4.78, 5) is 0. The molecule has 0 aliphatic carbocycles. The van der Waals surface area contributed by atoms with Gasteiger partial charge in [-0.25, -0.2) is 0 Å². The third-order valence-electron chi connectivity index (χ3n) is 2.07. The maximum Gasteiger partial charge on any atom is 0.392 e. The minimum absolute atomic E-state index is 0.271. The summed E-state index contributed by atoms with van der Waals surface area (Å²) in [5.41, 5.74) is 0.460. The molecular weight excluding hydrogens is 301 g/mol. The highest BCUT2D eigenvalue weighted by Gasteiger charge is 2.27. The van der Waals surface area contributed by atoms with Crippen molar-refractivity contribution in [3.8, 4) is 5.75 Å². The van der Waals surface area contributed by atoms with Crippen LogP contribution in [0.15, 0.2) is 22.7 Å². The molecule has 1 unspecified atom stereocenters. The molecule has 1 aromatic carbocycles. The van der Waals surface area contributed by atoms with E-state index in [1.54, 1.807) is 12.1 Å². The second kappa shape index (κ2) is 5.73. The first kappa shape index (κ1) is 14.3. The van der Waals surface area contributed by atoms with Crippen molar-refractivity contribution in [2.24, 2.45) is 0 Å². The quantitative estimate of drug-likeness (QED) is 0.915. The number of benzene rings is 1. The third kappa shape index (κ3) is 4.95. The number of hydrogen-bond acceptors (Lipinski definition) is 2. The van der Waals surface area contributed by atoms with Gasteiger partial charge < -0.3 is 9.84 Å². The smallest absolute Gasteiger partial charge is 0.392 e. The van der Waals surface area contributed by atoms with E-state index >= 15 is 0 Å². The minimum atomic E-state index is -4.24. The van der Waals surface area contributed by atoms with Crippen molar-refractivity contribution in [1.82, 2.24) is 0 Å². The van der Waals surface area contributed by atoms with Gasteiger partial charge in [-0.3, -0.25) is 0 Å². The van der Waals surface area contributed by atoms with E-state index in [0.29, 0.717) is 5.56 Å². The van der Waals surface area contributed by atoms with Gasteiger partial charge >= 0.3 is 6.18 Å². The Morgan fingerprint density at radius 3 is 2.59 bits per heavy atom. The fraction of sp³-hybridized carbons (Fsp3) is 0.455. The van der Waals surface area contributed by atoms with Crippen molar-refractivity contribution in [1.29, 1.82) is 0 Å². The second-order valence-corrected chi connectivity index (χ2v) is 4.49. The Labute approximate surface area is 106 Å². The zero-order valence-electron chi connectivity index (χ0n) is 9.09. The normalized spacial score (nSPS) is 13.5. The number of aliphatic hydroxyl groups excluding tert-OH is 1. The topological polar surface area (TPSA) is 29.5 Å². The van der Waals surface area contributed by atoms with E-state index in [0.717, 1.165) is 4.47 Å². The first-order valence-corrected chi connectivity index (χ1v) is 5.76. The van der Waals surface area contributed by atoms with E-state index in [-0.39, 0.29) is 5.75 Å². The summed E-state index contributed by atoms with van der Waals surface area (Å²) in [6.07, 6.45) is -6.05. The van der Waals surface area contributed by atoms with E-state index in [4.69, 9.17) is 4.74 Å². The Bertz CT molecular complexity index is 377. The highest BCUT2D eigenvalue weighted by atomic mass is 79.9. The van der Waals surface area contributed by atoms with Gasteiger partial charge in [-0.05, 0) is 25.1 Å². The molecule has 0 aromatic heterocycles. The fourth-order valence-electron chi connectivity index (χ4n) is 1.25. The lowest BCUT2D eigenvalue weighted by atomic mass is 10.1. The molecule has 0 fully saturated rings. The lowest BCUT2D eigenvalue weighted by Gasteiger charge is -2.14. The summed E-state index contributed by atoms with van der Waals surface area (Å²) in [6, 6.07) is 4.80. The summed E-state index contributed by atoms with van der Waals surface area (Å²) in [6.45, 7) is 1.07. The van der Waals surface area contributed by atoms with Crippen molar-refractivity contribution in [2.75, 3.05) is 6.61 Å². The van der Waals surface area contributed by atoms with E-state index in [2.05, 4.69) is 15.9 Å². The van der Waals surface area contributed by atoms with Gasteiger partial charge in [0.25, 0.3) is 0 Å². The first-order chi connectivity index (χ1) is 7.79. The fourth-order valence-corrected chi connectivity index (χ4v) is 1.63. The van der Waals surface area contributed by atoms with Crippen LogP contribution in [0.25, 0.3) is 0 Å². The largest absolute Gasteiger partial charge is 0.493 e. The van der Waals surface area contributed by atoms with E-state index in [1.165, 1.54) is 13.0 Å². The van der Waals surface area contributed by atoms with Gasteiger partial charge in [0, 0.05) is 10.0 Å². The molecule has 0 spiro atoms. The van der Waals surface area contributed by atoms with Crippen molar-refractivity contribution < 1.29 is 23.0 Å². The number of rotatable bonds is 4. The van der Waals surface area contributed by atoms with Crippen LogP contribution in [0.3, 0.4) is 0 Å². The molecular formula is C11H12BrF3O2. The highest BCUT2D eigenvalue weighted by molar-refractivity contribution is 9.10. The molecule has 0 radical (unpaired) electrons. The van der Waals surface area contributed by atoms with Crippen LogP contribution in [0.4, 0.5) is 13.2 Å². The molecule has 17 heavy (non-hydrogen) atoms. The van der Waals surface area contributed by atoms with Crippen molar-refractivity contribution >= 4 is 15.9 Å². The Balaban J connectivity index is 2.70. The summed E-state index contributed by atoms with van der Waals surface area (Å²) >= 11 is 3.22. The number of hydrogen-bond donors (Lipinski definition) is 1. The standard InChI is InChI=1S/C11H12BrF3O2/c1-7(16)9-6-8(12)2-3-10(9)17-5-4-11(13,14)15/h2-3,6-7,16H,4-5H2,1H3. The van der Waals surface area contributed by atoms with Crippen molar-refractivity contribution in [3.05, 3.63) is 28.2 Å². The van der Waals surface area contributed by atoms with Crippen LogP contribution >= 0.6 is 15.9 Å². The number of aliphatic hydroxyl groups is 1. The zero-order chi connectivity index (χ0) is 13.1. The molecule has 1 N–H and O–H groups in total. The highest BCUT2D eigenvalue weighted by Crippen LogP contribution is 2.29. The van der Waals surface area contributed by atoms with Gasteiger partial charge in [0.15, 0.2) is 0 Å². The van der Waals surface area contributed by atoms with Crippen LogP contribution in [-0.4, -0.2) is 17.9 Å². The Hall–Kier alpha value is -0.750. The minimum Gasteiger partial charge on any atom is -0.493 e. The second-order valence-electron chi connectivity index (χ2n) is 3.57. The maximum atomic E-state index is 11.9. The number of alkyl halides is 3. The summed E-state index contributed by atoms with van der Waals surface area (Å²) < 4.78 is 41.6. The average Bonchev–Trinajstić information content (AvgIpc) is 2.18. The molecule has 96 valence electrons. The zero-order valence-corrected chi connectivity index (χ0v) is 10.7. The van der Waals surface area contributed by atoms with E-state index in [1.807, 2.05) is 0 Å². The molecule has 0 bridgehead atoms. The summed E-state index contributed by atoms with van der Waals surface area (Å²) in [5, 5.41) is 9.47. The Morgan fingerprint density at radius 2 is 2.06 bits per heavy atom. The molecule has 2 nitrogen and oxygen atoms in total. The van der Waals surface area contributed by atoms with Gasteiger partial charge in [-0.1, -0.05) is 15.9 Å². The molecule has 0 amide bonds. The first-order valence-electron chi connectivity index (χ1n) is 4.96. The monoisotopic (exact) mass is 312 g/mol. The van der Waals surface area contributed by atoms with Gasteiger partial charge in [-0.15, -0.1) is 0 Å². The third-order valence-corrected chi connectivity index (χ3v) is 2.56. The maximum absolute atomic E-state index is 11.9. The van der Waals surface area contributed by atoms with Gasteiger partial charge in [0.2, 0.25) is 0 Å². The predicted molar refractivity (Wildman–Crippen MR) is 60.9 cm³/mol.